The van der Waals surface area contributed by atoms with Gasteiger partial charge in [-0.3, -0.25) is 0 Å². The molecule has 0 unspecified atom stereocenters. The normalized spacial score (nSPS) is 10.8. The number of H-pyrrole nitrogens is 1. The molecule has 1 aromatic carbocycles. The lowest BCUT2D eigenvalue weighted by atomic mass is 10.1. The molecule has 0 atom stereocenters. The standard InChI is InChI=1S/C10H8N6/c1-6-11-5-8-7(10-13-15-16-14-10)3-2-4-9(8)12-6/h2-5H,1H3,(H,13,14,15,16). The highest BCUT2D eigenvalue weighted by atomic mass is 15.5. The Morgan fingerprint density at radius 3 is 3.00 bits per heavy atom. The molecule has 6 nitrogen and oxygen atoms in total. The van der Waals surface area contributed by atoms with Crippen molar-refractivity contribution in [1.29, 1.82) is 0 Å². The van der Waals surface area contributed by atoms with Gasteiger partial charge in [-0.05, 0) is 18.2 Å². The van der Waals surface area contributed by atoms with E-state index >= 15 is 0 Å². The van der Waals surface area contributed by atoms with Crippen LogP contribution in [-0.2, 0) is 0 Å². The summed E-state index contributed by atoms with van der Waals surface area (Å²) in [6.45, 7) is 1.86. The quantitative estimate of drug-likeness (QED) is 0.653. The van der Waals surface area contributed by atoms with Crippen molar-refractivity contribution >= 4 is 10.9 Å². The van der Waals surface area contributed by atoms with Crippen molar-refractivity contribution in [3.8, 4) is 11.4 Å². The largest absolute Gasteiger partial charge is 0.241 e. The predicted molar refractivity (Wildman–Crippen MR) is 57.4 cm³/mol. The van der Waals surface area contributed by atoms with Crippen LogP contribution < -0.4 is 0 Å². The molecule has 0 aliphatic heterocycles. The highest BCUT2D eigenvalue weighted by Gasteiger charge is 2.08. The van der Waals surface area contributed by atoms with Gasteiger partial charge in [0.1, 0.15) is 5.82 Å². The first kappa shape index (κ1) is 8.90. The number of hydrogen-bond acceptors (Lipinski definition) is 5. The van der Waals surface area contributed by atoms with Crippen LogP contribution in [0, 0.1) is 6.92 Å². The molecule has 0 spiro atoms. The fraction of sp³-hybridized carbons (Fsp3) is 0.100. The summed E-state index contributed by atoms with van der Waals surface area (Å²) in [5, 5.41) is 14.8. The van der Waals surface area contributed by atoms with Crippen LogP contribution in [0.1, 0.15) is 5.82 Å². The van der Waals surface area contributed by atoms with Crippen molar-refractivity contribution in [2.75, 3.05) is 0 Å². The van der Waals surface area contributed by atoms with Crippen molar-refractivity contribution in [1.82, 2.24) is 30.6 Å². The predicted octanol–water partition coefficient (Wildman–Crippen LogP) is 1.12. The SMILES string of the molecule is Cc1ncc2c(-c3nn[nH]n3)cccc2n1. The lowest BCUT2D eigenvalue weighted by molar-refractivity contribution is 0.881. The number of hydrogen-bond donors (Lipinski definition) is 1. The zero-order valence-electron chi connectivity index (χ0n) is 8.55. The summed E-state index contributed by atoms with van der Waals surface area (Å²) in [6.07, 6.45) is 1.78. The topological polar surface area (TPSA) is 80.2 Å². The van der Waals surface area contributed by atoms with E-state index in [2.05, 4.69) is 30.6 Å². The van der Waals surface area contributed by atoms with Crippen LogP contribution in [0.3, 0.4) is 0 Å². The van der Waals surface area contributed by atoms with Crippen molar-refractivity contribution in [2.24, 2.45) is 0 Å². The molecule has 16 heavy (non-hydrogen) atoms. The molecule has 3 aromatic rings. The summed E-state index contributed by atoms with van der Waals surface area (Å²) in [6, 6.07) is 5.78. The van der Waals surface area contributed by atoms with E-state index in [0.29, 0.717) is 5.82 Å². The van der Waals surface area contributed by atoms with E-state index in [1.165, 1.54) is 0 Å². The summed E-state index contributed by atoms with van der Waals surface area (Å²) in [5.41, 5.74) is 1.76. The van der Waals surface area contributed by atoms with E-state index in [0.717, 1.165) is 22.3 Å². The second-order valence-corrected chi connectivity index (χ2v) is 3.39. The molecule has 1 N–H and O–H groups in total. The number of aromatic nitrogens is 6. The van der Waals surface area contributed by atoms with Gasteiger partial charge in [-0.2, -0.15) is 5.21 Å². The Bertz CT molecular complexity index is 631. The van der Waals surface area contributed by atoms with Gasteiger partial charge in [0.15, 0.2) is 0 Å². The first-order valence-electron chi connectivity index (χ1n) is 4.81. The third-order valence-electron chi connectivity index (χ3n) is 2.33. The van der Waals surface area contributed by atoms with E-state index in [-0.39, 0.29) is 0 Å². The molecule has 0 saturated carbocycles. The lowest BCUT2D eigenvalue weighted by Crippen LogP contribution is -1.90. The third-order valence-corrected chi connectivity index (χ3v) is 2.33. The van der Waals surface area contributed by atoms with E-state index in [4.69, 9.17) is 0 Å². The Hall–Kier alpha value is -2.37. The average Bonchev–Trinajstić information content (AvgIpc) is 2.81. The Morgan fingerprint density at radius 2 is 2.19 bits per heavy atom. The maximum atomic E-state index is 4.35. The minimum absolute atomic E-state index is 0.554. The van der Waals surface area contributed by atoms with Crippen LogP contribution in [0.5, 0.6) is 0 Å². The molecule has 78 valence electrons. The number of benzene rings is 1. The first-order chi connectivity index (χ1) is 7.84. The molecular formula is C10H8N6. The number of fused-ring (bicyclic) bond motifs is 1. The number of tetrazole rings is 1. The molecule has 0 radical (unpaired) electrons. The molecule has 0 saturated heterocycles. The van der Waals surface area contributed by atoms with Crippen LogP contribution in [0.25, 0.3) is 22.3 Å². The number of nitrogens with one attached hydrogen (secondary N) is 1. The minimum atomic E-state index is 0.554. The van der Waals surface area contributed by atoms with E-state index in [1.54, 1.807) is 6.20 Å². The van der Waals surface area contributed by atoms with Gasteiger partial charge in [-0.25, -0.2) is 9.97 Å². The second-order valence-electron chi connectivity index (χ2n) is 3.39. The first-order valence-corrected chi connectivity index (χ1v) is 4.81. The third kappa shape index (κ3) is 1.31. The molecule has 0 fully saturated rings. The van der Waals surface area contributed by atoms with E-state index in [1.807, 2.05) is 25.1 Å². The second kappa shape index (κ2) is 3.34. The Labute approximate surface area is 90.7 Å². The van der Waals surface area contributed by atoms with Gasteiger partial charge >= 0.3 is 0 Å². The van der Waals surface area contributed by atoms with E-state index < -0.39 is 0 Å². The van der Waals surface area contributed by atoms with Gasteiger partial charge in [0.05, 0.1) is 5.52 Å². The molecule has 2 aromatic heterocycles. The number of aromatic amines is 1. The number of nitrogens with zero attached hydrogens (tertiary/aromatic N) is 5. The summed E-state index contributed by atoms with van der Waals surface area (Å²) in [4.78, 5) is 8.53. The van der Waals surface area contributed by atoms with E-state index in [9.17, 15) is 0 Å². The van der Waals surface area contributed by atoms with Gasteiger partial charge < -0.3 is 0 Å². The Kier molecular flexibility index (Phi) is 1.86. The molecule has 0 aliphatic rings. The van der Waals surface area contributed by atoms with Gasteiger partial charge in [0.25, 0.3) is 0 Å². The summed E-state index contributed by atoms with van der Waals surface area (Å²) in [7, 11) is 0. The summed E-state index contributed by atoms with van der Waals surface area (Å²) in [5.74, 6) is 1.30. The fourth-order valence-corrected chi connectivity index (χ4v) is 1.62. The van der Waals surface area contributed by atoms with Crippen molar-refractivity contribution < 1.29 is 0 Å². The Balaban J connectivity index is 2.34. The maximum Gasteiger partial charge on any atom is 0.205 e. The van der Waals surface area contributed by atoms with Gasteiger partial charge in [0, 0.05) is 17.1 Å². The molecule has 0 bridgehead atoms. The van der Waals surface area contributed by atoms with Crippen LogP contribution in [0.4, 0.5) is 0 Å². The zero-order valence-corrected chi connectivity index (χ0v) is 8.55. The number of aryl methyl sites for hydroxylation is 1. The molecule has 0 aliphatic carbocycles. The van der Waals surface area contributed by atoms with Crippen molar-refractivity contribution in [3.05, 3.63) is 30.2 Å². The highest BCUT2D eigenvalue weighted by Crippen LogP contribution is 2.23. The van der Waals surface area contributed by atoms with Crippen LogP contribution in [-0.4, -0.2) is 30.6 Å². The monoisotopic (exact) mass is 212 g/mol. The van der Waals surface area contributed by atoms with Crippen LogP contribution in [0.15, 0.2) is 24.4 Å². The summed E-state index contributed by atoms with van der Waals surface area (Å²) < 4.78 is 0. The minimum Gasteiger partial charge on any atom is -0.241 e. The smallest absolute Gasteiger partial charge is 0.205 e. The molecular weight excluding hydrogens is 204 g/mol. The van der Waals surface area contributed by atoms with Crippen LogP contribution in [0.2, 0.25) is 0 Å². The van der Waals surface area contributed by atoms with Crippen molar-refractivity contribution in [3.63, 3.8) is 0 Å². The van der Waals surface area contributed by atoms with Gasteiger partial charge in [-0.1, -0.05) is 12.1 Å². The highest BCUT2D eigenvalue weighted by molar-refractivity contribution is 5.91. The fourth-order valence-electron chi connectivity index (χ4n) is 1.62. The van der Waals surface area contributed by atoms with Crippen molar-refractivity contribution in [2.45, 2.75) is 6.92 Å². The van der Waals surface area contributed by atoms with Crippen LogP contribution >= 0.6 is 0 Å². The van der Waals surface area contributed by atoms with Gasteiger partial charge in [-0.15, -0.1) is 10.2 Å². The molecule has 3 rings (SSSR count). The number of rotatable bonds is 1. The molecule has 6 heteroatoms. The van der Waals surface area contributed by atoms with Gasteiger partial charge in [0.2, 0.25) is 5.82 Å². The zero-order chi connectivity index (χ0) is 11.0. The molecule has 0 amide bonds. The average molecular weight is 212 g/mol. The maximum absolute atomic E-state index is 4.35. The molecule has 2 heterocycles. The Morgan fingerprint density at radius 1 is 1.25 bits per heavy atom. The summed E-state index contributed by atoms with van der Waals surface area (Å²) >= 11 is 0. The lowest BCUT2D eigenvalue weighted by Gasteiger charge is -2.01.